The van der Waals surface area contributed by atoms with E-state index in [0.717, 1.165) is 22.3 Å². The van der Waals surface area contributed by atoms with Crippen molar-refractivity contribution in [2.45, 2.75) is 26.9 Å². The summed E-state index contributed by atoms with van der Waals surface area (Å²) in [5.74, 6) is 0.361. The number of anilines is 2. The molecule has 0 bridgehead atoms. The maximum Gasteiger partial charge on any atom is 0.256 e. The summed E-state index contributed by atoms with van der Waals surface area (Å²) in [4.78, 5) is 26.3. The third kappa shape index (κ3) is 5.06. The lowest BCUT2D eigenvalue weighted by molar-refractivity contribution is -0.116. The molecule has 0 spiro atoms. The second-order valence-corrected chi connectivity index (χ2v) is 8.07. The molecule has 0 saturated carbocycles. The number of carbonyl (C=O) groups excluding carboxylic acids is 1. The van der Waals surface area contributed by atoms with Crippen LogP contribution in [0.5, 0.6) is 5.75 Å². The zero-order valence-corrected chi connectivity index (χ0v) is 19.0. The molecule has 168 valence electrons. The van der Waals surface area contributed by atoms with Crippen molar-refractivity contribution in [2.24, 2.45) is 0 Å². The SMILES string of the molecule is COc1ccc2cc(CNc3ccc(C)cc3)c(=O)n(CC(=O)Nc3ccccc3C)c2c1. The van der Waals surface area contributed by atoms with Gasteiger partial charge in [0.1, 0.15) is 12.3 Å². The minimum atomic E-state index is -0.265. The van der Waals surface area contributed by atoms with E-state index < -0.39 is 0 Å². The van der Waals surface area contributed by atoms with Gasteiger partial charge in [0.2, 0.25) is 5.91 Å². The predicted molar refractivity (Wildman–Crippen MR) is 133 cm³/mol. The van der Waals surface area contributed by atoms with Crippen molar-refractivity contribution in [3.05, 3.63) is 99.8 Å². The van der Waals surface area contributed by atoms with Crippen molar-refractivity contribution >= 4 is 28.2 Å². The Labute approximate surface area is 192 Å². The molecule has 33 heavy (non-hydrogen) atoms. The molecule has 3 aromatic carbocycles. The highest BCUT2D eigenvalue weighted by molar-refractivity contribution is 5.92. The smallest absolute Gasteiger partial charge is 0.256 e. The molecule has 1 aromatic heterocycles. The van der Waals surface area contributed by atoms with Gasteiger partial charge in [0.05, 0.1) is 12.6 Å². The van der Waals surface area contributed by atoms with Gasteiger partial charge in [0.15, 0.2) is 0 Å². The molecule has 0 aliphatic heterocycles. The summed E-state index contributed by atoms with van der Waals surface area (Å²) >= 11 is 0. The second kappa shape index (κ2) is 9.61. The molecule has 6 heteroatoms. The van der Waals surface area contributed by atoms with Crippen molar-refractivity contribution in [3.63, 3.8) is 0 Å². The number of fused-ring (bicyclic) bond motifs is 1. The van der Waals surface area contributed by atoms with E-state index in [1.165, 1.54) is 10.1 Å². The number of rotatable bonds is 7. The van der Waals surface area contributed by atoms with Gasteiger partial charge < -0.3 is 15.4 Å². The largest absolute Gasteiger partial charge is 0.497 e. The Morgan fingerprint density at radius 2 is 1.73 bits per heavy atom. The van der Waals surface area contributed by atoms with Crippen molar-refractivity contribution in [3.8, 4) is 5.75 Å². The van der Waals surface area contributed by atoms with Gasteiger partial charge in [-0.2, -0.15) is 0 Å². The Morgan fingerprint density at radius 3 is 2.45 bits per heavy atom. The Hall–Kier alpha value is -4.06. The van der Waals surface area contributed by atoms with Gasteiger partial charge in [0.25, 0.3) is 5.56 Å². The molecule has 2 N–H and O–H groups in total. The fraction of sp³-hybridized carbons (Fsp3) is 0.185. The van der Waals surface area contributed by atoms with Crippen LogP contribution in [0.1, 0.15) is 16.7 Å². The van der Waals surface area contributed by atoms with Crippen LogP contribution in [0.4, 0.5) is 11.4 Å². The number of carbonyl (C=O) groups is 1. The average molecular weight is 442 g/mol. The van der Waals surface area contributed by atoms with Gasteiger partial charge >= 0.3 is 0 Å². The maximum absolute atomic E-state index is 13.4. The molecule has 0 unspecified atom stereocenters. The minimum absolute atomic E-state index is 0.102. The summed E-state index contributed by atoms with van der Waals surface area (Å²) in [5.41, 5.74) is 4.81. The first kappa shape index (κ1) is 22.1. The molecule has 0 aliphatic rings. The summed E-state index contributed by atoms with van der Waals surface area (Å²) in [6.07, 6.45) is 0. The van der Waals surface area contributed by atoms with Gasteiger partial charge in [-0.3, -0.25) is 14.2 Å². The average Bonchev–Trinajstić information content (AvgIpc) is 2.82. The third-order valence-corrected chi connectivity index (χ3v) is 5.63. The van der Waals surface area contributed by atoms with Crippen LogP contribution >= 0.6 is 0 Å². The number of aryl methyl sites for hydroxylation is 2. The number of ether oxygens (including phenoxy) is 1. The number of pyridine rings is 1. The zero-order valence-electron chi connectivity index (χ0n) is 19.0. The summed E-state index contributed by atoms with van der Waals surface area (Å²) in [6.45, 7) is 4.21. The molecule has 1 amide bonds. The molecule has 0 atom stereocenters. The van der Waals surface area contributed by atoms with Crippen LogP contribution < -0.4 is 20.9 Å². The molecule has 0 aliphatic carbocycles. The molecule has 0 saturated heterocycles. The summed E-state index contributed by atoms with van der Waals surface area (Å²) in [7, 11) is 1.58. The second-order valence-electron chi connectivity index (χ2n) is 8.07. The Kier molecular flexibility index (Phi) is 6.45. The van der Waals surface area contributed by atoms with Crippen LogP contribution in [0.25, 0.3) is 10.9 Å². The number of aromatic nitrogens is 1. The lowest BCUT2D eigenvalue weighted by Gasteiger charge is -2.15. The lowest BCUT2D eigenvalue weighted by Crippen LogP contribution is -2.30. The van der Waals surface area contributed by atoms with E-state index in [4.69, 9.17) is 4.74 Å². The highest BCUT2D eigenvalue weighted by Crippen LogP contribution is 2.21. The predicted octanol–water partition coefficient (Wildman–Crippen LogP) is 4.88. The minimum Gasteiger partial charge on any atom is -0.497 e. The number of para-hydroxylation sites is 1. The molecule has 4 aromatic rings. The monoisotopic (exact) mass is 441 g/mol. The number of benzene rings is 3. The standard InChI is InChI=1S/C27H27N3O3/c1-18-8-11-22(12-9-18)28-16-21-14-20-10-13-23(33-3)15-25(20)30(27(21)32)17-26(31)29-24-7-5-4-6-19(24)2/h4-15,28H,16-17H2,1-3H3,(H,29,31). The van der Waals surface area contributed by atoms with E-state index in [0.29, 0.717) is 23.4 Å². The van der Waals surface area contributed by atoms with Crippen LogP contribution in [0.2, 0.25) is 0 Å². The van der Waals surface area contributed by atoms with Gasteiger partial charge in [-0.05, 0) is 61.2 Å². The van der Waals surface area contributed by atoms with Gasteiger partial charge in [-0.15, -0.1) is 0 Å². The van der Waals surface area contributed by atoms with Crippen molar-refractivity contribution in [1.82, 2.24) is 4.57 Å². The summed E-state index contributed by atoms with van der Waals surface area (Å²) in [6, 6.07) is 23.0. The number of amides is 1. The Bertz CT molecular complexity index is 1360. The van der Waals surface area contributed by atoms with Crippen LogP contribution in [-0.4, -0.2) is 17.6 Å². The highest BCUT2D eigenvalue weighted by Gasteiger charge is 2.14. The number of methoxy groups -OCH3 is 1. The fourth-order valence-corrected chi connectivity index (χ4v) is 3.74. The first-order valence-electron chi connectivity index (χ1n) is 10.8. The topological polar surface area (TPSA) is 72.4 Å². The highest BCUT2D eigenvalue weighted by atomic mass is 16.5. The summed E-state index contributed by atoms with van der Waals surface area (Å²) < 4.78 is 6.86. The van der Waals surface area contributed by atoms with Crippen molar-refractivity contribution in [1.29, 1.82) is 0 Å². The Balaban J connectivity index is 1.68. The Morgan fingerprint density at radius 1 is 0.970 bits per heavy atom. The normalized spacial score (nSPS) is 10.8. The van der Waals surface area contributed by atoms with Crippen LogP contribution in [0.3, 0.4) is 0 Å². The number of nitrogens with zero attached hydrogens (tertiary/aromatic N) is 1. The molecule has 4 rings (SSSR count). The van der Waals surface area contributed by atoms with Gasteiger partial charge in [-0.25, -0.2) is 0 Å². The van der Waals surface area contributed by atoms with E-state index in [1.54, 1.807) is 13.2 Å². The van der Waals surface area contributed by atoms with Gasteiger partial charge in [0, 0.05) is 29.5 Å². The van der Waals surface area contributed by atoms with Gasteiger partial charge in [-0.1, -0.05) is 35.9 Å². The first-order chi connectivity index (χ1) is 15.9. The third-order valence-electron chi connectivity index (χ3n) is 5.63. The lowest BCUT2D eigenvalue weighted by atomic mass is 10.1. The quantitative estimate of drug-likeness (QED) is 0.429. The molecule has 0 fully saturated rings. The van der Waals surface area contributed by atoms with E-state index >= 15 is 0 Å². The number of hydrogen-bond acceptors (Lipinski definition) is 4. The fourth-order valence-electron chi connectivity index (χ4n) is 3.74. The number of nitrogens with one attached hydrogen (secondary N) is 2. The van der Waals surface area contributed by atoms with E-state index in [1.807, 2.05) is 80.6 Å². The van der Waals surface area contributed by atoms with E-state index in [-0.39, 0.29) is 18.0 Å². The zero-order chi connectivity index (χ0) is 23.4. The van der Waals surface area contributed by atoms with Crippen molar-refractivity contribution in [2.75, 3.05) is 17.7 Å². The number of hydrogen-bond donors (Lipinski definition) is 2. The van der Waals surface area contributed by atoms with Crippen LogP contribution in [0, 0.1) is 13.8 Å². The van der Waals surface area contributed by atoms with Crippen LogP contribution in [0.15, 0.2) is 77.6 Å². The van der Waals surface area contributed by atoms with E-state index in [2.05, 4.69) is 10.6 Å². The molecule has 1 heterocycles. The van der Waals surface area contributed by atoms with E-state index in [9.17, 15) is 9.59 Å². The van der Waals surface area contributed by atoms with Crippen LogP contribution in [-0.2, 0) is 17.9 Å². The molecule has 0 radical (unpaired) electrons. The molecular weight excluding hydrogens is 414 g/mol. The summed E-state index contributed by atoms with van der Waals surface area (Å²) in [5, 5.41) is 7.08. The first-order valence-corrected chi connectivity index (χ1v) is 10.8. The molecule has 6 nitrogen and oxygen atoms in total. The molecular formula is C27H27N3O3. The van der Waals surface area contributed by atoms with Crippen molar-refractivity contribution < 1.29 is 9.53 Å². The maximum atomic E-state index is 13.4.